The highest BCUT2D eigenvalue weighted by atomic mass is 19.1. The minimum absolute atomic E-state index is 0.271. The number of hydrogen-bond donors (Lipinski definition) is 2. The van der Waals surface area contributed by atoms with Crippen LogP contribution in [0.15, 0.2) is 71.7 Å². The number of ether oxygens (including phenoxy) is 1. The highest BCUT2D eigenvalue weighted by Gasteiger charge is 2.37. The van der Waals surface area contributed by atoms with Crippen LogP contribution in [0.4, 0.5) is 20.6 Å². The second kappa shape index (κ2) is 8.38. The fraction of sp³-hybridized carbons (Fsp3) is 0.160. The van der Waals surface area contributed by atoms with Gasteiger partial charge in [-0.2, -0.15) is 0 Å². The Bertz CT molecular complexity index is 1290. The molecule has 33 heavy (non-hydrogen) atoms. The van der Waals surface area contributed by atoms with Crippen LogP contribution >= 0.6 is 0 Å². The van der Waals surface area contributed by atoms with E-state index in [4.69, 9.17) is 4.74 Å². The molecular formula is C25H21FN4O3. The van der Waals surface area contributed by atoms with Gasteiger partial charge < -0.3 is 20.3 Å². The lowest BCUT2D eigenvalue weighted by Crippen LogP contribution is -2.48. The van der Waals surface area contributed by atoms with Crippen LogP contribution in [-0.4, -0.2) is 37.5 Å². The molecule has 1 unspecified atom stereocenters. The van der Waals surface area contributed by atoms with E-state index in [1.54, 1.807) is 47.4 Å². The molecule has 2 heterocycles. The molecule has 5 rings (SSSR count). The van der Waals surface area contributed by atoms with Crippen molar-refractivity contribution in [2.24, 2.45) is 4.99 Å². The first kappa shape index (κ1) is 20.7. The number of para-hydroxylation sites is 1. The Morgan fingerprint density at radius 1 is 1.09 bits per heavy atom. The van der Waals surface area contributed by atoms with Crippen LogP contribution in [0.5, 0.6) is 5.75 Å². The van der Waals surface area contributed by atoms with Crippen LogP contribution in [0.3, 0.4) is 0 Å². The summed E-state index contributed by atoms with van der Waals surface area (Å²) >= 11 is 0. The Morgan fingerprint density at radius 2 is 1.88 bits per heavy atom. The molecule has 0 bridgehead atoms. The Kier molecular flexibility index (Phi) is 5.26. The third-order valence-corrected chi connectivity index (χ3v) is 5.73. The van der Waals surface area contributed by atoms with Crippen LogP contribution in [0.2, 0.25) is 0 Å². The maximum absolute atomic E-state index is 14.8. The van der Waals surface area contributed by atoms with Crippen molar-refractivity contribution in [3.63, 3.8) is 0 Å². The number of halogens is 1. The van der Waals surface area contributed by atoms with Crippen molar-refractivity contribution in [3.8, 4) is 5.75 Å². The van der Waals surface area contributed by atoms with E-state index in [1.807, 2.05) is 18.2 Å². The molecule has 1 atom stereocenters. The highest BCUT2D eigenvalue weighted by Crippen LogP contribution is 2.36. The number of anilines is 2. The fourth-order valence-corrected chi connectivity index (χ4v) is 4.22. The summed E-state index contributed by atoms with van der Waals surface area (Å²) in [6.07, 6.45) is -0.536. The molecule has 3 aromatic rings. The van der Waals surface area contributed by atoms with Gasteiger partial charge in [0.15, 0.2) is 0 Å². The predicted molar refractivity (Wildman–Crippen MR) is 123 cm³/mol. The second-order valence-electron chi connectivity index (χ2n) is 7.74. The quantitative estimate of drug-likeness (QED) is 0.643. The third-order valence-electron chi connectivity index (χ3n) is 5.73. The predicted octanol–water partition coefficient (Wildman–Crippen LogP) is 3.72. The number of nitrogens with zero attached hydrogens (tertiary/aromatic N) is 2. The Hall–Kier alpha value is -4.20. The minimum atomic E-state index is -1.22. The Balaban J connectivity index is 1.52. The topological polar surface area (TPSA) is 83.0 Å². The average molecular weight is 444 g/mol. The minimum Gasteiger partial charge on any atom is -0.497 e. The normalized spacial score (nSPS) is 16.5. The summed E-state index contributed by atoms with van der Waals surface area (Å²) in [5.41, 5.74) is 3.48. The zero-order valence-electron chi connectivity index (χ0n) is 17.8. The molecule has 3 amide bonds. The average Bonchev–Trinajstić information content (AvgIpc) is 3.22. The summed E-state index contributed by atoms with van der Waals surface area (Å²) < 4.78 is 19.9. The Morgan fingerprint density at radius 3 is 2.70 bits per heavy atom. The van der Waals surface area contributed by atoms with Gasteiger partial charge in [-0.15, -0.1) is 0 Å². The first-order valence-electron chi connectivity index (χ1n) is 10.5. The van der Waals surface area contributed by atoms with Crippen LogP contribution in [-0.2, 0) is 11.2 Å². The number of benzene rings is 3. The van der Waals surface area contributed by atoms with E-state index in [-0.39, 0.29) is 11.5 Å². The summed E-state index contributed by atoms with van der Waals surface area (Å²) in [4.78, 5) is 32.3. The molecule has 3 aromatic carbocycles. The monoisotopic (exact) mass is 444 g/mol. The van der Waals surface area contributed by atoms with Gasteiger partial charge in [0, 0.05) is 29.4 Å². The highest BCUT2D eigenvalue weighted by molar-refractivity contribution is 6.21. The zero-order chi connectivity index (χ0) is 22.9. The van der Waals surface area contributed by atoms with Gasteiger partial charge in [-0.05, 0) is 36.2 Å². The molecule has 0 fully saturated rings. The van der Waals surface area contributed by atoms with E-state index in [0.29, 0.717) is 35.7 Å². The lowest BCUT2D eigenvalue weighted by atomic mass is 9.98. The number of aliphatic imine (C=N–C) groups is 1. The number of nitrogens with one attached hydrogen (secondary N) is 2. The van der Waals surface area contributed by atoms with Crippen LogP contribution < -0.4 is 20.3 Å². The number of urea groups is 1. The lowest BCUT2D eigenvalue weighted by molar-refractivity contribution is -0.120. The largest absolute Gasteiger partial charge is 0.497 e. The number of carbonyl (C=O) groups excluding carboxylic acids is 2. The third kappa shape index (κ3) is 3.80. The van der Waals surface area contributed by atoms with Crippen molar-refractivity contribution in [3.05, 3.63) is 89.2 Å². The van der Waals surface area contributed by atoms with Crippen LogP contribution in [0.1, 0.15) is 16.7 Å². The zero-order valence-corrected chi connectivity index (χ0v) is 17.8. The van der Waals surface area contributed by atoms with E-state index in [0.717, 1.165) is 11.3 Å². The second-order valence-corrected chi connectivity index (χ2v) is 7.74. The molecule has 166 valence electrons. The van der Waals surface area contributed by atoms with E-state index >= 15 is 0 Å². The summed E-state index contributed by atoms with van der Waals surface area (Å²) in [6.45, 7) is 0.473. The summed E-state index contributed by atoms with van der Waals surface area (Å²) in [7, 11) is 1.53. The van der Waals surface area contributed by atoms with Crippen molar-refractivity contribution < 1.29 is 18.7 Å². The summed E-state index contributed by atoms with van der Waals surface area (Å²) in [5.74, 6) is -0.237. The van der Waals surface area contributed by atoms with Gasteiger partial charge in [0.2, 0.25) is 6.17 Å². The number of carbonyl (C=O) groups is 2. The molecule has 2 N–H and O–H groups in total. The van der Waals surface area contributed by atoms with Gasteiger partial charge in [-0.1, -0.05) is 36.4 Å². The molecule has 0 saturated carbocycles. The molecule has 8 heteroatoms. The molecule has 0 saturated heterocycles. The van der Waals surface area contributed by atoms with E-state index < -0.39 is 18.0 Å². The summed E-state index contributed by atoms with van der Waals surface area (Å²) in [6, 6.07) is 18.2. The lowest BCUT2D eigenvalue weighted by Gasteiger charge is -2.21. The molecule has 2 aliphatic heterocycles. The molecule has 0 aliphatic carbocycles. The molecule has 0 aromatic heterocycles. The van der Waals surface area contributed by atoms with Crippen molar-refractivity contribution >= 4 is 29.0 Å². The standard InChI is InChI=1S/C25H21FN4O3/c1-33-17-8-5-7-16(14-17)27-25(32)29-23-24(31)30-13-12-15-6-4-10-19(22(15)30)21(28-23)18-9-2-3-11-20(18)26/h2-11,14,23H,12-13H2,1H3,(H2,27,29,32). The van der Waals surface area contributed by atoms with Gasteiger partial charge in [0.05, 0.1) is 18.5 Å². The maximum Gasteiger partial charge on any atom is 0.321 e. The van der Waals surface area contributed by atoms with Gasteiger partial charge in [0.25, 0.3) is 5.91 Å². The number of methoxy groups -OCH3 is 1. The van der Waals surface area contributed by atoms with Crippen molar-refractivity contribution in [1.29, 1.82) is 0 Å². The maximum atomic E-state index is 14.8. The first-order valence-corrected chi connectivity index (χ1v) is 10.5. The van der Waals surface area contributed by atoms with Crippen molar-refractivity contribution in [1.82, 2.24) is 5.32 Å². The smallest absolute Gasteiger partial charge is 0.321 e. The van der Waals surface area contributed by atoms with E-state index in [9.17, 15) is 14.0 Å². The summed E-state index contributed by atoms with van der Waals surface area (Å²) in [5, 5.41) is 5.34. The van der Waals surface area contributed by atoms with Gasteiger partial charge in [-0.3, -0.25) is 4.79 Å². The fourth-order valence-electron chi connectivity index (χ4n) is 4.22. The van der Waals surface area contributed by atoms with Crippen molar-refractivity contribution in [2.75, 3.05) is 23.9 Å². The first-order chi connectivity index (χ1) is 16.0. The van der Waals surface area contributed by atoms with Gasteiger partial charge in [0.1, 0.15) is 11.6 Å². The van der Waals surface area contributed by atoms with Crippen LogP contribution in [0.25, 0.3) is 0 Å². The molecule has 7 nitrogen and oxygen atoms in total. The molecule has 2 aliphatic rings. The number of rotatable bonds is 4. The van der Waals surface area contributed by atoms with Crippen molar-refractivity contribution in [2.45, 2.75) is 12.6 Å². The van der Waals surface area contributed by atoms with Gasteiger partial charge in [-0.25, -0.2) is 14.2 Å². The van der Waals surface area contributed by atoms with Crippen LogP contribution in [0, 0.1) is 5.82 Å². The molecule has 0 radical (unpaired) electrons. The van der Waals surface area contributed by atoms with E-state index in [2.05, 4.69) is 15.6 Å². The van der Waals surface area contributed by atoms with Gasteiger partial charge >= 0.3 is 6.03 Å². The number of amides is 3. The Labute approximate surface area is 189 Å². The SMILES string of the molecule is COc1cccc(NC(=O)NC2N=C(c3ccccc3F)c3cccc4c3N(CC4)C2=O)c1. The number of hydrogen-bond acceptors (Lipinski definition) is 4. The van der Waals surface area contributed by atoms with E-state index in [1.165, 1.54) is 13.2 Å². The molecule has 0 spiro atoms. The molecular weight excluding hydrogens is 423 g/mol.